The summed E-state index contributed by atoms with van der Waals surface area (Å²) in [5, 5.41) is 12.9. The first-order chi connectivity index (χ1) is 18.2. The summed E-state index contributed by atoms with van der Waals surface area (Å²) in [6.07, 6.45) is 1.79. The smallest absolute Gasteiger partial charge is 0.337 e. The van der Waals surface area contributed by atoms with Gasteiger partial charge in [0.05, 0.1) is 17.2 Å². The number of rotatable bonds is 6. The van der Waals surface area contributed by atoms with Crippen LogP contribution >= 0.6 is 0 Å². The van der Waals surface area contributed by atoms with Crippen LogP contribution in [0.15, 0.2) is 65.6 Å². The SMILES string of the molecule is Cc1cc(C(C)Nc2ccccc2C(=O)O)c2nc(N3CCN(c4ccc(F)cc4)CC3)c(C)c(=O)n2c1. The number of nitrogens with zero attached hydrogens (tertiary/aromatic N) is 4. The third kappa shape index (κ3) is 4.79. The van der Waals surface area contributed by atoms with E-state index in [4.69, 9.17) is 4.98 Å². The fourth-order valence-corrected chi connectivity index (χ4v) is 5.05. The second-order valence-electron chi connectivity index (χ2n) is 9.70. The normalized spacial score (nSPS) is 14.5. The molecule has 1 fully saturated rings. The molecule has 2 N–H and O–H groups in total. The van der Waals surface area contributed by atoms with Crippen molar-refractivity contribution in [1.29, 1.82) is 0 Å². The number of aryl methyl sites for hydroxylation is 1. The van der Waals surface area contributed by atoms with Crippen LogP contribution < -0.4 is 20.7 Å². The molecule has 1 aliphatic heterocycles. The van der Waals surface area contributed by atoms with Crippen LogP contribution in [0.5, 0.6) is 0 Å². The van der Waals surface area contributed by atoms with E-state index in [0.717, 1.165) is 29.9 Å². The minimum Gasteiger partial charge on any atom is -0.478 e. The van der Waals surface area contributed by atoms with Gasteiger partial charge in [-0.15, -0.1) is 0 Å². The van der Waals surface area contributed by atoms with Crippen molar-refractivity contribution >= 4 is 28.8 Å². The van der Waals surface area contributed by atoms with E-state index in [2.05, 4.69) is 15.1 Å². The number of carboxylic acids is 1. The van der Waals surface area contributed by atoms with Gasteiger partial charge in [0.15, 0.2) is 0 Å². The monoisotopic (exact) mass is 515 g/mol. The molecule has 1 unspecified atom stereocenters. The number of hydrogen-bond acceptors (Lipinski definition) is 6. The van der Waals surface area contributed by atoms with Crippen molar-refractivity contribution < 1.29 is 14.3 Å². The zero-order valence-corrected chi connectivity index (χ0v) is 21.6. The van der Waals surface area contributed by atoms with E-state index in [9.17, 15) is 19.1 Å². The Bertz CT molecular complexity index is 1560. The highest BCUT2D eigenvalue weighted by atomic mass is 19.1. The first-order valence-corrected chi connectivity index (χ1v) is 12.6. The summed E-state index contributed by atoms with van der Waals surface area (Å²) in [4.78, 5) is 34.5. The van der Waals surface area contributed by atoms with E-state index in [1.807, 2.05) is 19.9 Å². The van der Waals surface area contributed by atoms with Crippen LogP contribution in [-0.4, -0.2) is 46.6 Å². The predicted molar refractivity (Wildman–Crippen MR) is 147 cm³/mol. The highest BCUT2D eigenvalue weighted by molar-refractivity contribution is 5.94. The van der Waals surface area contributed by atoms with Crippen molar-refractivity contribution in [3.05, 3.63) is 99.2 Å². The molecule has 2 aromatic carbocycles. The molecule has 0 spiro atoms. The molecule has 1 aliphatic rings. The van der Waals surface area contributed by atoms with Crippen molar-refractivity contribution in [1.82, 2.24) is 9.38 Å². The Hall–Kier alpha value is -4.40. The summed E-state index contributed by atoms with van der Waals surface area (Å²) >= 11 is 0. The number of piperazine rings is 1. The molecule has 38 heavy (non-hydrogen) atoms. The van der Waals surface area contributed by atoms with Crippen LogP contribution in [0.1, 0.15) is 40.0 Å². The summed E-state index contributed by atoms with van der Waals surface area (Å²) in [5.41, 5.74) is 4.32. The molecule has 1 atom stereocenters. The van der Waals surface area contributed by atoms with Gasteiger partial charge in [0.2, 0.25) is 0 Å². The van der Waals surface area contributed by atoms with E-state index in [1.165, 1.54) is 12.1 Å². The number of carbonyl (C=O) groups is 1. The Balaban J connectivity index is 1.48. The quantitative estimate of drug-likeness (QED) is 0.386. The molecule has 0 saturated carbocycles. The minimum atomic E-state index is -1.01. The summed E-state index contributed by atoms with van der Waals surface area (Å²) in [5.74, 6) is -0.622. The molecule has 2 aromatic heterocycles. The maximum absolute atomic E-state index is 13.5. The van der Waals surface area contributed by atoms with Gasteiger partial charge >= 0.3 is 5.97 Å². The maximum atomic E-state index is 13.5. The molecule has 0 bridgehead atoms. The van der Waals surface area contributed by atoms with Crippen LogP contribution in [0.25, 0.3) is 5.65 Å². The van der Waals surface area contributed by atoms with E-state index in [1.54, 1.807) is 53.9 Å². The summed E-state index contributed by atoms with van der Waals surface area (Å²) in [6.45, 7) is 8.43. The Labute approximate surface area is 220 Å². The van der Waals surface area contributed by atoms with Crippen molar-refractivity contribution in [2.75, 3.05) is 41.3 Å². The third-order valence-electron chi connectivity index (χ3n) is 7.06. The molecule has 196 valence electrons. The Morgan fingerprint density at radius 1 is 1.03 bits per heavy atom. The standard InChI is InChI=1S/C29H30FN5O3/c1-18-16-24(20(3)31-25-7-5-4-6-23(25)29(37)38)27-32-26(19(2)28(36)35(27)17-18)34-14-12-33(13-15-34)22-10-8-21(30)9-11-22/h4-11,16-17,20,31H,12-15H2,1-3H3,(H,37,38). The van der Waals surface area contributed by atoms with Crippen LogP contribution in [-0.2, 0) is 0 Å². The van der Waals surface area contributed by atoms with E-state index in [-0.39, 0.29) is 23.0 Å². The number of benzene rings is 2. The van der Waals surface area contributed by atoms with Gasteiger partial charge in [-0.05, 0) is 68.8 Å². The number of aromatic nitrogens is 2. The number of fused-ring (bicyclic) bond motifs is 1. The molecule has 8 nitrogen and oxygen atoms in total. The molecular weight excluding hydrogens is 485 g/mol. The number of hydrogen-bond donors (Lipinski definition) is 2. The third-order valence-corrected chi connectivity index (χ3v) is 7.06. The molecule has 3 heterocycles. The van der Waals surface area contributed by atoms with Gasteiger partial charge in [0.1, 0.15) is 17.3 Å². The van der Waals surface area contributed by atoms with Crippen molar-refractivity contribution in [2.45, 2.75) is 26.8 Å². The lowest BCUT2D eigenvalue weighted by atomic mass is 10.1. The van der Waals surface area contributed by atoms with Gasteiger partial charge in [0.25, 0.3) is 5.56 Å². The van der Waals surface area contributed by atoms with E-state index in [0.29, 0.717) is 35.8 Å². The average molecular weight is 516 g/mol. The Morgan fingerprint density at radius 3 is 2.37 bits per heavy atom. The summed E-state index contributed by atoms with van der Waals surface area (Å²) < 4.78 is 14.9. The zero-order chi connectivity index (χ0) is 27.0. The minimum absolute atomic E-state index is 0.131. The zero-order valence-electron chi connectivity index (χ0n) is 21.6. The summed E-state index contributed by atoms with van der Waals surface area (Å²) in [7, 11) is 0. The number of pyridine rings is 1. The number of para-hydroxylation sites is 1. The molecule has 4 aromatic rings. The number of aromatic carboxylic acids is 1. The Morgan fingerprint density at radius 2 is 1.68 bits per heavy atom. The average Bonchev–Trinajstić information content (AvgIpc) is 2.91. The van der Waals surface area contributed by atoms with Crippen LogP contribution in [0, 0.1) is 19.7 Å². The lowest BCUT2D eigenvalue weighted by Gasteiger charge is -2.37. The van der Waals surface area contributed by atoms with Crippen molar-refractivity contribution in [3.63, 3.8) is 0 Å². The number of halogens is 1. The van der Waals surface area contributed by atoms with Gasteiger partial charge in [-0.1, -0.05) is 12.1 Å². The molecular formula is C29H30FN5O3. The molecule has 0 aliphatic carbocycles. The number of nitrogens with one attached hydrogen (secondary N) is 1. The first-order valence-electron chi connectivity index (χ1n) is 12.6. The molecule has 0 radical (unpaired) electrons. The predicted octanol–water partition coefficient (Wildman–Crippen LogP) is 4.65. The van der Waals surface area contributed by atoms with Crippen LogP contribution in [0.3, 0.4) is 0 Å². The van der Waals surface area contributed by atoms with Gasteiger partial charge in [-0.2, -0.15) is 0 Å². The van der Waals surface area contributed by atoms with Gasteiger partial charge in [0, 0.05) is 49.3 Å². The van der Waals surface area contributed by atoms with E-state index >= 15 is 0 Å². The van der Waals surface area contributed by atoms with E-state index < -0.39 is 5.97 Å². The van der Waals surface area contributed by atoms with Gasteiger partial charge in [-0.25, -0.2) is 14.2 Å². The van der Waals surface area contributed by atoms with Crippen LogP contribution in [0.2, 0.25) is 0 Å². The fourth-order valence-electron chi connectivity index (χ4n) is 5.05. The highest BCUT2D eigenvalue weighted by Gasteiger charge is 2.24. The molecule has 5 rings (SSSR count). The second-order valence-corrected chi connectivity index (χ2v) is 9.70. The maximum Gasteiger partial charge on any atom is 0.337 e. The fraction of sp³-hybridized carbons (Fsp3) is 0.276. The molecule has 1 saturated heterocycles. The number of anilines is 3. The van der Waals surface area contributed by atoms with Crippen molar-refractivity contribution in [2.24, 2.45) is 0 Å². The summed E-state index contributed by atoms with van der Waals surface area (Å²) in [6, 6.07) is 14.9. The second kappa shape index (κ2) is 10.2. The van der Waals surface area contributed by atoms with Crippen molar-refractivity contribution in [3.8, 4) is 0 Å². The lowest BCUT2D eigenvalue weighted by Crippen LogP contribution is -2.47. The molecule has 0 amide bonds. The Kier molecular flexibility index (Phi) is 6.75. The number of carboxylic acid groups (broad SMARTS) is 1. The van der Waals surface area contributed by atoms with Crippen LogP contribution in [0.4, 0.5) is 21.6 Å². The van der Waals surface area contributed by atoms with Gasteiger partial charge in [-0.3, -0.25) is 9.20 Å². The molecule has 9 heteroatoms. The van der Waals surface area contributed by atoms with Gasteiger partial charge < -0.3 is 20.2 Å². The lowest BCUT2D eigenvalue weighted by molar-refractivity contribution is 0.0698. The highest BCUT2D eigenvalue weighted by Crippen LogP contribution is 2.28. The first kappa shape index (κ1) is 25.3. The topological polar surface area (TPSA) is 90.2 Å². The largest absolute Gasteiger partial charge is 0.478 e.